The smallest absolute Gasteiger partial charge is 0.0484 e. The monoisotopic (exact) mass is 205 g/mol. The van der Waals surface area contributed by atoms with Crippen LogP contribution in [0.5, 0.6) is 0 Å². The summed E-state index contributed by atoms with van der Waals surface area (Å²) in [6.45, 7) is 0.672. The average Bonchev–Trinajstić information content (AvgIpc) is 2.20. The lowest BCUT2D eigenvalue weighted by molar-refractivity contribution is 0.977. The minimum absolute atomic E-state index is 0.672. The fourth-order valence-corrected chi connectivity index (χ4v) is 1.95. The van der Waals surface area contributed by atoms with Crippen LogP contribution in [0, 0.1) is 0 Å². The summed E-state index contributed by atoms with van der Waals surface area (Å²) >= 11 is 6.10. The Balaban J connectivity index is 2.68. The molecule has 0 aromatic heterocycles. The fourth-order valence-electron chi connectivity index (χ4n) is 1.71. The van der Waals surface area contributed by atoms with Crippen LogP contribution >= 0.6 is 11.6 Å². The third-order valence-corrected chi connectivity index (χ3v) is 2.70. The second kappa shape index (κ2) is 3.99. The molecule has 2 rings (SSSR count). The van der Waals surface area contributed by atoms with E-state index in [4.69, 9.17) is 17.3 Å². The maximum Gasteiger partial charge on any atom is 0.0484 e. The van der Waals surface area contributed by atoms with Crippen molar-refractivity contribution in [2.45, 2.75) is 6.42 Å². The number of hydrogen-bond acceptors (Lipinski definition) is 1. The third-order valence-electron chi connectivity index (χ3n) is 2.37. The van der Waals surface area contributed by atoms with Crippen LogP contribution in [0.25, 0.3) is 10.8 Å². The zero-order valence-electron chi connectivity index (χ0n) is 7.83. The summed E-state index contributed by atoms with van der Waals surface area (Å²) in [5.41, 5.74) is 6.83. The van der Waals surface area contributed by atoms with E-state index in [1.54, 1.807) is 0 Å². The zero-order chi connectivity index (χ0) is 9.97. The van der Waals surface area contributed by atoms with E-state index in [9.17, 15) is 0 Å². The van der Waals surface area contributed by atoms with Crippen LogP contribution in [0.4, 0.5) is 0 Å². The topological polar surface area (TPSA) is 26.0 Å². The Bertz CT molecular complexity index is 451. The Morgan fingerprint density at radius 2 is 1.71 bits per heavy atom. The first-order chi connectivity index (χ1) is 6.83. The highest BCUT2D eigenvalue weighted by atomic mass is 35.5. The SMILES string of the molecule is NCCc1cccc2c(Cl)cccc12. The Hall–Kier alpha value is -1.05. The molecule has 0 fully saturated rings. The molecule has 0 heterocycles. The lowest BCUT2D eigenvalue weighted by Gasteiger charge is -2.05. The van der Waals surface area contributed by atoms with Crippen molar-refractivity contribution in [3.05, 3.63) is 47.0 Å². The maximum atomic E-state index is 6.10. The maximum absolute atomic E-state index is 6.10. The predicted octanol–water partition coefficient (Wildman–Crippen LogP) is 2.99. The molecule has 0 bridgehead atoms. The Morgan fingerprint density at radius 3 is 2.50 bits per heavy atom. The molecule has 0 aliphatic heterocycles. The highest BCUT2D eigenvalue weighted by molar-refractivity contribution is 6.35. The molecule has 0 aliphatic carbocycles. The van der Waals surface area contributed by atoms with E-state index in [1.807, 2.05) is 24.3 Å². The first-order valence-electron chi connectivity index (χ1n) is 4.69. The number of halogens is 1. The normalized spacial score (nSPS) is 10.7. The van der Waals surface area contributed by atoms with E-state index in [-0.39, 0.29) is 0 Å². The molecule has 0 radical (unpaired) electrons. The van der Waals surface area contributed by atoms with Gasteiger partial charge in [-0.05, 0) is 30.0 Å². The molecule has 1 nitrogen and oxygen atoms in total. The molecule has 2 aromatic rings. The van der Waals surface area contributed by atoms with Crippen LogP contribution in [-0.2, 0) is 6.42 Å². The van der Waals surface area contributed by atoms with Crippen LogP contribution in [0.3, 0.4) is 0 Å². The fraction of sp³-hybridized carbons (Fsp3) is 0.167. The molecule has 0 amide bonds. The Labute approximate surface area is 88.5 Å². The minimum Gasteiger partial charge on any atom is -0.330 e. The van der Waals surface area contributed by atoms with Crippen molar-refractivity contribution >= 4 is 22.4 Å². The van der Waals surface area contributed by atoms with Gasteiger partial charge in [-0.15, -0.1) is 0 Å². The van der Waals surface area contributed by atoms with E-state index >= 15 is 0 Å². The van der Waals surface area contributed by atoms with Gasteiger partial charge in [-0.1, -0.05) is 41.9 Å². The molecular weight excluding hydrogens is 194 g/mol. The quantitative estimate of drug-likeness (QED) is 0.802. The summed E-state index contributed by atoms with van der Waals surface area (Å²) in [4.78, 5) is 0. The molecule has 72 valence electrons. The van der Waals surface area contributed by atoms with E-state index in [0.29, 0.717) is 6.54 Å². The predicted molar refractivity (Wildman–Crippen MR) is 61.7 cm³/mol. The summed E-state index contributed by atoms with van der Waals surface area (Å²) in [6.07, 6.45) is 0.900. The van der Waals surface area contributed by atoms with Crippen molar-refractivity contribution in [3.8, 4) is 0 Å². The number of hydrogen-bond donors (Lipinski definition) is 1. The number of nitrogens with two attached hydrogens (primary N) is 1. The Morgan fingerprint density at radius 1 is 1.00 bits per heavy atom. The average molecular weight is 206 g/mol. The van der Waals surface area contributed by atoms with E-state index in [1.165, 1.54) is 10.9 Å². The zero-order valence-corrected chi connectivity index (χ0v) is 8.59. The third kappa shape index (κ3) is 1.61. The standard InChI is InChI=1S/C12H12ClN/c13-12-6-2-4-10-9(7-8-14)3-1-5-11(10)12/h1-6H,7-8,14H2. The van der Waals surface area contributed by atoms with Gasteiger partial charge in [0.1, 0.15) is 0 Å². The van der Waals surface area contributed by atoms with E-state index in [0.717, 1.165) is 16.8 Å². The van der Waals surface area contributed by atoms with Gasteiger partial charge in [0.25, 0.3) is 0 Å². The molecule has 2 aromatic carbocycles. The summed E-state index contributed by atoms with van der Waals surface area (Å²) in [7, 11) is 0. The first kappa shape index (κ1) is 9.50. The second-order valence-electron chi connectivity index (χ2n) is 3.29. The van der Waals surface area contributed by atoms with Gasteiger partial charge in [0.15, 0.2) is 0 Å². The van der Waals surface area contributed by atoms with Gasteiger partial charge >= 0.3 is 0 Å². The summed E-state index contributed by atoms with van der Waals surface area (Å²) in [6, 6.07) is 12.1. The van der Waals surface area contributed by atoms with Gasteiger partial charge in [0.2, 0.25) is 0 Å². The molecule has 0 unspecified atom stereocenters. The van der Waals surface area contributed by atoms with Crippen molar-refractivity contribution in [3.63, 3.8) is 0 Å². The number of rotatable bonds is 2. The van der Waals surface area contributed by atoms with Crippen LogP contribution in [0.1, 0.15) is 5.56 Å². The number of benzene rings is 2. The number of fused-ring (bicyclic) bond motifs is 1. The van der Waals surface area contributed by atoms with E-state index in [2.05, 4.69) is 12.1 Å². The lowest BCUT2D eigenvalue weighted by Crippen LogP contribution is -2.02. The van der Waals surface area contributed by atoms with Crippen molar-refractivity contribution in [2.24, 2.45) is 5.73 Å². The molecule has 0 saturated heterocycles. The highest BCUT2D eigenvalue weighted by Gasteiger charge is 2.01. The van der Waals surface area contributed by atoms with Crippen molar-refractivity contribution in [2.75, 3.05) is 6.54 Å². The van der Waals surface area contributed by atoms with Crippen LogP contribution in [0.2, 0.25) is 5.02 Å². The lowest BCUT2D eigenvalue weighted by atomic mass is 10.0. The summed E-state index contributed by atoms with van der Waals surface area (Å²) < 4.78 is 0. The van der Waals surface area contributed by atoms with Gasteiger partial charge in [0.05, 0.1) is 0 Å². The van der Waals surface area contributed by atoms with Gasteiger partial charge in [-0.3, -0.25) is 0 Å². The van der Waals surface area contributed by atoms with Crippen LogP contribution in [-0.4, -0.2) is 6.54 Å². The Kier molecular flexibility index (Phi) is 2.71. The molecule has 2 N–H and O–H groups in total. The van der Waals surface area contributed by atoms with Crippen molar-refractivity contribution < 1.29 is 0 Å². The first-order valence-corrected chi connectivity index (χ1v) is 5.07. The van der Waals surface area contributed by atoms with Crippen LogP contribution in [0.15, 0.2) is 36.4 Å². The molecule has 0 saturated carbocycles. The molecule has 14 heavy (non-hydrogen) atoms. The van der Waals surface area contributed by atoms with Gasteiger partial charge in [0, 0.05) is 10.4 Å². The molecule has 0 atom stereocenters. The largest absolute Gasteiger partial charge is 0.330 e. The summed E-state index contributed by atoms with van der Waals surface area (Å²) in [5.74, 6) is 0. The highest BCUT2D eigenvalue weighted by Crippen LogP contribution is 2.25. The van der Waals surface area contributed by atoms with Gasteiger partial charge < -0.3 is 5.73 Å². The molecule has 0 aliphatic rings. The summed E-state index contributed by atoms with van der Waals surface area (Å²) in [5, 5.41) is 3.13. The minimum atomic E-state index is 0.672. The molecule has 0 spiro atoms. The van der Waals surface area contributed by atoms with Gasteiger partial charge in [-0.2, -0.15) is 0 Å². The van der Waals surface area contributed by atoms with Gasteiger partial charge in [-0.25, -0.2) is 0 Å². The van der Waals surface area contributed by atoms with E-state index < -0.39 is 0 Å². The van der Waals surface area contributed by atoms with Crippen LogP contribution < -0.4 is 5.73 Å². The second-order valence-corrected chi connectivity index (χ2v) is 3.70. The molecular formula is C12H12ClN. The molecule has 2 heteroatoms. The van der Waals surface area contributed by atoms with Crippen molar-refractivity contribution in [1.29, 1.82) is 0 Å². The van der Waals surface area contributed by atoms with Crippen molar-refractivity contribution in [1.82, 2.24) is 0 Å².